The van der Waals surface area contributed by atoms with Crippen LogP contribution in [-0.2, 0) is 0 Å². The highest BCUT2D eigenvalue weighted by Crippen LogP contribution is 2.32. The van der Waals surface area contributed by atoms with E-state index >= 15 is 0 Å². The van der Waals surface area contributed by atoms with Crippen LogP contribution in [0, 0.1) is 0 Å². The molecule has 0 amide bonds. The number of fused-ring (bicyclic) bond motifs is 1. The summed E-state index contributed by atoms with van der Waals surface area (Å²) in [6, 6.07) is 7.94. The number of aliphatic hydroxyl groups is 1. The van der Waals surface area contributed by atoms with Gasteiger partial charge in [-0.2, -0.15) is 0 Å². The van der Waals surface area contributed by atoms with E-state index < -0.39 is 0 Å². The summed E-state index contributed by atoms with van der Waals surface area (Å²) in [6.45, 7) is 1.72. The Bertz CT molecular complexity index is 562. The zero-order valence-corrected chi connectivity index (χ0v) is 10.2. The average Bonchev–Trinajstić information content (AvgIpc) is 2.41. The van der Waals surface area contributed by atoms with Gasteiger partial charge in [0.2, 0.25) is 0 Å². The highest BCUT2D eigenvalue weighted by Gasteiger charge is 2.19. The van der Waals surface area contributed by atoms with Crippen molar-refractivity contribution in [3.8, 4) is 0 Å². The second-order valence-corrected chi connectivity index (χ2v) is 4.79. The molecule has 18 heavy (non-hydrogen) atoms. The summed E-state index contributed by atoms with van der Waals surface area (Å²) in [7, 11) is 0. The first-order valence-electron chi connectivity index (χ1n) is 6.32. The zero-order chi connectivity index (χ0) is 12.5. The third-order valence-electron chi connectivity index (χ3n) is 3.61. The van der Waals surface area contributed by atoms with Gasteiger partial charge in [0.15, 0.2) is 0 Å². The molecule has 2 heterocycles. The van der Waals surface area contributed by atoms with E-state index in [0.717, 1.165) is 48.2 Å². The molecule has 1 saturated heterocycles. The van der Waals surface area contributed by atoms with Crippen LogP contribution in [0.2, 0.25) is 0 Å². The normalized spacial score (nSPS) is 17.3. The molecule has 2 aromatic rings. The number of hydrogen-bond donors (Lipinski definition) is 2. The van der Waals surface area contributed by atoms with Gasteiger partial charge in [-0.05, 0) is 37.1 Å². The van der Waals surface area contributed by atoms with Crippen molar-refractivity contribution >= 4 is 22.3 Å². The van der Waals surface area contributed by atoms with Gasteiger partial charge < -0.3 is 15.7 Å². The third kappa shape index (κ3) is 1.88. The first-order chi connectivity index (χ1) is 8.75. The largest absolute Gasteiger partial charge is 0.396 e. The standard InChI is InChI=1S/C14H17N3O/c15-14-11-2-1-7-16-12(11)3-4-13(14)17-8-5-10(18)6-9-17/h1-4,7,10,18H,5-6,8-9,15H2. The molecule has 0 spiro atoms. The Morgan fingerprint density at radius 1 is 1.22 bits per heavy atom. The van der Waals surface area contributed by atoms with E-state index in [9.17, 15) is 5.11 Å². The van der Waals surface area contributed by atoms with Crippen LogP contribution < -0.4 is 10.6 Å². The second kappa shape index (κ2) is 4.46. The highest BCUT2D eigenvalue weighted by molar-refractivity contribution is 5.97. The minimum Gasteiger partial charge on any atom is -0.396 e. The molecule has 0 bridgehead atoms. The Hall–Kier alpha value is -1.81. The number of nitrogens with two attached hydrogens (primary N) is 1. The number of nitrogens with zero attached hydrogens (tertiary/aromatic N) is 2. The fourth-order valence-corrected chi connectivity index (χ4v) is 2.55. The van der Waals surface area contributed by atoms with Gasteiger partial charge in [0, 0.05) is 24.7 Å². The van der Waals surface area contributed by atoms with E-state index in [-0.39, 0.29) is 6.10 Å². The van der Waals surface area contributed by atoms with Crippen molar-refractivity contribution in [3.63, 3.8) is 0 Å². The fraction of sp³-hybridized carbons (Fsp3) is 0.357. The monoisotopic (exact) mass is 243 g/mol. The molecule has 0 unspecified atom stereocenters. The quantitative estimate of drug-likeness (QED) is 0.749. The Labute approximate surface area is 106 Å². The van der Waals surface area contributed by atoms with Crippen molar-refractivity contribution in [2.75, 3.05) is 23.7 Å². The van der Waals surface area contributed by atoms with Gasteiger partial charge in [-0.15, -0.1) is 0 Å². The van der Waals surface area contributed by atoms with E-state index in [2.05, 4.69) is 9.88 Å². The summed E-state index contributed by atoms with van der Waals surface area (Å²) in [6.07, 6.45) is 3.23. The van der Waals surface area contributed by atoms with Gasteiger partial charge in [0.25, 0.3) is 0 Å². The van der Waals surface area contributed by atoms with Gasteiger partial charge in [0.05, 0.1) is 23.0 Å². The molecule has 3 rings (SSSR count). The first-order valence-corrected chi connectivity index (χ1v) is 6.32. The van der Waals surface area contributed by atoms with E-state index in [1.54, 1.807) is 6.20 Å². The summed E-state index contributed by atoms with van der Waals surface area (Å²) in [5.74, 6) is 0. The Balaban J connectivity index is 1.99. The van der Waals surface area contributed by atoms with Crippen LogP contribution in [0.1, 0.15) is 12.8 Å². The average molecular weight is 243 g/mol. The predicted molar refractivity (Wildman–Crippen MR) is 73.6 cm³/mol. The lowest BCUT2D eigenvalue weighted by molar-refractivity contribution is 0.145. The number of anilines is 2. The smallest absolute Gasteiger partial charge is 0.0724 e. The van der Waals surface area contributed by atoms with E-state index in [0.29, 0.717) is 0 Å². The molecule has 1 fully saturated rings. The van der Waals surface area contributed by atoms with Gasteiger partial charge in [-0.25, -0.2) is 0 Å². The molecule has 3 N–H and O–H groups in total. The van der Waals surface area contributed by atoms with E-state index in [1.165, 1.54) is 0 Å². The molecule has 0 atom stereocenters. The molecule has 4 nitrogen and oxygen atoms in total. The number of benzene rings is 1. The maximum atomic E-state index is 9.55. The van der Waals surface area contributed by atoms with Crippen molar-refractivity contribution in [2.45, 2.75) is 18.9 Å². The van der Waals surface area contributed by atoms with Gasteiger partial charge in [-0.1, -0.05) is 0 Å². The van der Waals surface area contributed by atoms with Crippen LogP contribution in [0.5, 0.6) is 0 Å². The minimum atomic E-state index is -0.162. The Morgan fingerprint density at radius 3 is 2.78 bits per heavy atom. The van der Waals surface area contributed by atoms with Crippen molar-refractivity contribution in [1.29, 1.82) is 0 Å². The fourth-order valence-electron chi connectivity index (χ4n) is 2.55. The van der Waals surface area contributed by atoms with Crippen LogP contribution >= 0.6 is 0 Å². The summed E-state index contributed by atoms with van der Waals surface area (Å²) in [5, 5.41) is 10.5. The lowest BCUT2D eigenvalue weighted by Gasteiger charge is -2.32. The van der Waals surface area contributed by atoms with Crippen LogP contribution in [0.15, 0.2) is 30.5 Å². The van der Waals surface area contributed by atoms with Gasteiger partial charge >= 0.3 is 0 Å². The maximum absolute atomic E-state index is 9.55. The van der Waals surface area contributed by atoms with E-state index in [1.807, 2.05) is 24.3 Å². The Kier molecular flexibility index (Phi) is 2.80. The summed E-state index contributed by atoms with van der Waals surface area (Å²) >= 11 is 0. The molecule has 1 aromatic carbocycles. The minimum absolute atomic E-state index is 0.162. The summed E-state index contributed by atoms with van der Waals surface area (Å²) in [4.78, 5) is 6.55. The molecule has 1 aliphatic rings. The number of rotatable bonds is 1. The van der Waals surface area contributed by atoms with Crippen molar-refractivity contribution in [1.82, 2.24) is 4.98 Å². The summed E-state index contributed by atoms with van der Waals surface area (Å²) < 4.78 is 0. The van der Waals surface area contributed by atoms with Crippen LogP contribution in [0.25, 0.3) is 10.9 Å². The lowest BCUT2D eigenvalue weighted by Crippen LogP contribution is -2.36. The lowest BCUT2D eigenvalue weighted by atomic mass is 10.1. The predicted octanol–water partition coefficient (Wildman–Crippen LogP) is 1.78. The molecule has 0 radical (unpaired) electrons. The topological polar surface area (TPSA) is 62.4 Å². The molecule has 0 aliphatic carbocycles. The highest BCUT2D eigenvalue weighted by atomic mass is 16.3. The number of aromatic nitrogens is 1. The molecule has 4 heteroatoms. The number of pyridine rings is 1. The SMILES string of the molecule is Nc1c(N2CCC(O)CC2)ccc2ncccc12. The van der Waals surface area contributed by atoms with Crippen molar-refractivity contribution < 1.29 is 5.11 Å². The van der Waals surface area contributed by atoms with Gasteiger partial charge in [0.1, 0.15) is 0 Å². The number of piperidine rings is 1. The van der Waals surface area contributed by atoms with Crippen LogP contribution in [0.3, 0.4) is 0 Å². The molecule has 0 saturated carbocycles. The molecule has 1 aliphatic heterocycles. The van der Waals surface area contributed by atoms with Crippen molar-refractivity contribution in [2.24, 2.45) is 0 Å². The van der Waals surface area contributed by atoms with E-state index in [4.69, 9.17) is 5.73 Å². The van der Waals surface area contributed by atoms with Crippen molar-refractivity contribution in [3.05, 3.63) is 30.5 Å². The first kappa shape index (κ1) is 11.3. The number of nitrogen functional groups attached to an aromatic ring is 1. The number of aliphatic hydroxyl groups excluding tert-OH is 1. The third-order valence-corrected chi connectivity index (χ3v) is 3.61. The summed E-state index contributed by atoms with van der Waals surface area (Å²) in [5.41, 5.74) is 9.01. The van der Waals surface area contributed by atoms with Crippen LogP contribution in [-0.4, -0.2) is 29.3 Å². The number of hydrogen-bond acceptors (Lipinski definition) is 4. The molecular formula is C14H17N3O. The second-order valence-electron chi connectivity index (χ2n) is 4.79. The molecule has 94 valence electrons. The molecule has 1 aromatic heterocycles. The maximum Gasteiger partial charge on any atom is 0.0724 e. The Morgan fingerprint density at radius 2 is 2.00 bits per heavy atom. The zero-order valence-electron chi connectivity index (χ0n) is 10.2. The van der Waals surface area contributed by atoms with Crippen LogP contribution in [0.4, 0.5) is 11.4 Å². The molecular weight excluding hydrogens is 226 g/mol. The van der Waals surface area contributed by atoms with Gasteiger partial charge in [-0.3, -0.25) is 4.98 Å².